The molecule has 1 heterocycles. The van der Waals surface area contributed by atoms with Crippen molar-refractivity contribution in [1.29, 1.82) is 0 Å². The highest BCUT2D eigenvalue weighted by molar-refractivity contribution is 6.30. The maximum absolute atomic E-state index is 13.2. The number of carbonyl (C=O) groups excluding carboxylic acids is 2. The number of hydrogen-bond donors (Lipinski definition) is 4. The summed E-state index contributed by atoms with van der Waals surface area (Å²) in [4.78, 5) is 24.5. The normalized spacial score (nSPS) is 16.0. The van der Waals surface area contributed by atoms with Crippen molar-refractivity contribution in [2.75, 3.05) is 24.2 Å². The van der Waals surface area contributed by atoms with E-state index in [1.54, 1.807) is 23.2 Å². The van der Waals surface area contributed by atoms with Gasteiger partial charge >= 0.3 is 0 Å². The number of primary amides is 1. The fourth-order valence-electron chi connectivity index (χ4n) is 3.23. The predicted octanol–water partition coefficient (Wildman–Crippen LogP) is 2.79. The van der Waals surface area contributed by atoms with Crippen LogP contribution in [0.15, 0.2) is 53.9 Å². The first-order valence-corrected chi connectivity index (χ1v) is 9.90. The number of nitrogens with one attached hydrogen (secondary N) is 2. The van der Waals surface area contributed by atoms with Crippen molar-refractivity contribution in [3.63, 3.8) is 0 Å². The summed E-state index contributed by atoms with van der Waals surface area (Å²) in [5.74, 6) is -0.474. The summed E-state index contributed by atoms with van der Waals surface area (Å²) in [6.45, 7) is 4.70. The largest absolute Gasteiger partial charge is 0.494 e. The maximum Gasteiger partial charge on any atom is 0.276 e. The molecule has 1 aliphatic rings. The number of carbonyl (C=O) groups is 2. The van der Waals surface area contributed by atoms with Gasteiger partial charge in [-0.3, -0.25) is 14.6 Å². The van der Waals surface area contributed by atoms with E-state index in [1.807, 2.05) is 26.0 Å². The molecule has 0 radical (unpaired) electrons. The lowest BCUT2D eigenvalue weighted by Crippen LogP contribution is -2.37. The predicted molar refractivity (Wildman–Crippen MR) is 116 cm³/mol. The molecule has 1 aliphatic heterocycles. The van der Waals surface area contributed by atoms with Crippen molar-refractivity contribution in [2.45, 2.75) is 19.9 Å². The van der Waals surface area contributed by atoms with Crippen LogP contribution in [0.4, 0.5) is 11.4 Å². The number of ether oxygens (including phenoxy) is 1. The van der Waals surface area contributed by atoms with E-state index in [0.29, 0.717) is 35.3 Å². The molecule has 1 atom stereocenters. The Kier molecular flexibility index (Phi) is 6.49. The maximum atomic E-state index is 13.2. The van der Waals surface area contributed by atoms with E-state index in [9.17, 15) is 9.59 Å². The Morgan fingerprint density at radius 3 is 2.47 bits per heavy atom. The molecule has 0 spiro atoms. The van der Waals surface area contributed by atoms with Crippen LogP contribution in [0.2, 0.25) is 5.02 Å². The molecule has 0 bridgehead atoms. The molecule has 2 aromatic rings. The Hall–Kier alpha value is -3.23. The number of rotatable bonds is 7. The third-order valence-corrected chi connectivity index (χ3v) is 4.92. The van der Waals surface area contributed by atoms with Crippen LogP contribution in [-0.2, 0) is 9.53 Å². The molecule has 0 fully saturated rings. The molecular formula is C21H24ClN5O3. The monoisotopic (exact) mass is 429 g/mol. The molecule has 0 aromatic heterocycles. The van der Waals surface area contributed by atoms with Crippen LogP contribution in [-0.4, -0.2) is 30.0 Å². The topological polar surface area (TPSA) is 123 Å². The van der Waals surface area contributed by atoms with E-state index in [4.69, 9.17) is 27.8 Å². The molecule has 1 unspecified atom stereocenters. The third kappa shape index (κ3) is 4.34. The van der Waals surface area contributed by atoms with E-state index in [2.05, 4.69) is 10.7 Å². The second-order valence-electron chi connectivity index (χ2n) is 6.62. The lowest BCUT2D eigenvalue weighted by atomic mass is 10.1. The molecule has 0 aliphatic carbocycles. The molecule has 9 heteroatoms. The Balaban J connectivity index is 1.95. The van der Waals surface area contributed by atoms with Gasteiger partial charge in [0.2, 0.25) is 5.91 Å². The van der Waals surface area contributed by atoms with Gasteiger partial charge in [-0.15, -0.1) is 0 Å². The van der Waals surface area contributed by atoms with Crippen LogP contribution in [0.5, 0.6) is 0 Å². The van der Waals surface area contributed by atoms with Crippen molar-refractivity contribution in [2.24, 2.45) is 5.73 Å². The molecule has 158 valence electrons. The van der Waals surface area contributed by atoms with Crippen molar-refractivity contribution >= 4 is 34.8 Å². The first-order chi connectivity index (χ1) is 14.3. The van der Waals surface area contributed by atoms with Gasteiger partial charge in [0.05, 0.1) is 18.0 Å². The smallest absolute Gasteiger partial charge is 0.276 e. The van der Waals surface area contributed by atoms with Gasteiger partial charge in [0.25, 0.3) is 5.91 Å². The van der Waals surface area contributed by atoms with Gasteiger partial charge in [-0.25, -0.2) is 5.43 Å². The summed E-state index contributed by atoms with van der Waals surface area (Å²) in [5.41, 5.74) is 16.7. The lowest BCUT2D eigenvalue weighted by Gasteiger charge is -2.21. The molecule has 0 saturated carbocycles. The van der Waals surface area contributed by atoms with Crippen LogP contribution < -0.4 is 22.2 Å². The fraction of sp³-hybridized carbons (Fsp3) is 0.238. The number of nitrogen functional groups attached to an aromatic ring is 1. The van der Waals surface area contributed by atoms with Gasteiger partial charge in [0.15, 0.2) is 5.70 Å². The van der Waals surface area contributed by atoms with Crippen molar-refractivity contribution in [3.05, 3.63) is 70.1 Å². The molecular weight excluding hydrogens is 406 g/mol. The number of likely N-dealkylation sites (N-methyl/N-ethyl adjacent to an activating group) is 1. The number of nitrogens with two attached hydrogens (primary N) is 2. The fourth-order valence-corrected chi connectivity index (χ4v) is 3.36. The molecule has 2 aromatic carbocycles. The van der Waals surface area contributed by atoms with Crippen LogP contribution in [0.3, 0.4) is 0 Å². The molecule has 2 amide bonds. The van der Waals surface area contributed by atoms with E-state index >= 15 is 0 Å². The summed E-state index contributed by atoms with van der Waals surface area (Å²) in [5, 5.41) is 5.15. The zero-order valence-corrected chi connectivity index (χ0v) is 17.5. The molecule has 0 saturated heterocycles. The molecule has 3 rings (SSSR count). The summed E-state index contributed by atoms with van der Waals surface area (Å²) in [6.07, 6.45) is 0. The molecule has 30 heavy (non-hydrogen) atoms. The first-order valence-electron chi connectivity index (χ1n) is 9.52. The summed E-state index contributed by atoms with van der Waals surface area (Å²) >= 11 is 6.01. The Morgan fingerprint density at radius 2 is 1.90 bits per heavy atom. The average Bonchev–Trinajstić information content (AvgIpc) is 3.08. The van der Waals surface area contributed by atoms with Gasteiger partial charge in [-0.2, -0.15) is 0 Å². The highest BCUT2D eigenvalue weighted by Crippen LogP contribution is 2.34. The molecule has 8 nitrogen and oxygen atoms in total. The number of nitrogens with zero attached hydrogens (tertiary/aromatic N) is 1. The molecule has 6 N–H and O–H groups in total. The highest BCUT2D eigenvalue weighted by Gasteiger charge is 2.37. The Labute approximate surface area is 179 Å². The SMILES string of the molecule is CCOC1=C(C(=O)Nc2ccc(C(N)=O)cc2N)N(CC)NC1c1ccc(Cl)cc1. The van der Waals surface area contributed by atoms with Crippen LogP contribution >= 0.6 is 11.6 Å². The number of hydrazine groups is 1. The van der Waals surface area contributed by atoms with Gasteiger partial charge in [0.1, 0.15) is 11.8 Å². The summed E-state index contributed by atoms with van der Waals surface area (Å²) < 4.78 is 5.87. The second kappa shape index (κ2) is 9.06. The zero-order chi connectivity index (χ0) is 21.8. The second-order valence-corrected chi connectivity index (χ2v) is 7.06. The third-order valence-electron chi connectivity index (χ3n) is 4.67. The number of amides is 2. The van der Waals surface area contributed by atoms with Crippen molar-refractivity contribution in [3.8, 4) is 0 Å². The van der Waals surface area contributed by atoms with Gasteiger partial charge in [0, 0.05) is 17.1 Å². The first kappa shape index (κ1) is 21.5. The summed E-state index contributed by atoms with van der Waals surface area (Å²) in [6, 6.07) is 11.5. The van der Waals surface area contributed by atoms with Crippen LogP contribution in [0.1, 0.15) is 35.8 Å². The van der Waals surface area contributed by atoms with Crippen molar-refractivity contribution in [1.82, 2.24) is 10.4 Å². The Bertz CT molecular complexity index is 991. The number of hydrogen-bond acceptors (Lipinski definition) is 6. The quantitative estimate of drug-likeness (QED) is 0.502. The number of benzene rings is 2. The standard InChI is InChI=1S/C21H24ClN5O3/c1-3-27-18(21(29)25-16-10-7-13(20(24)28)11-15(16)23)19(30-4-2)17(26-27)12-5-8-14(22)9-6-12/h5-11,17,26H,3-4,23H2,1-2H3,(H2,24,28)(H,25,29). The van der Waals surface area contributed by atoms with Crippen LogP contribution in [0.25, 0.3) is 0 Å². The van der Waals surface area contributed by atoms with Crippen LogP contribution in [0, 0.1) is 0 Å². The zero-order valence-electron chi connectivity index (χ0n) is 16.7. The minimum atomic E-state index is -0.594. The number of anilines is 2. The van der Waals surface area contributed by atoms with Gasteiger partial charge < -0.3 is 21.5 Å². The van der Waals surface area contributed by atoms with E-state index < -0.39 is 5.91 Å². The minimum Gasteiger partial charge on any atom is -0.494 e. The van der Waals surface area contributed by atoms with E-state index in [-0.39, 0.29) is 23.2 Å². The van der Waals surface area contributed by atoms with Gasteiger partial charge in [-0.1, -0.05) is 23.7 Å². The van der Waals surface area contributed by atoms with E-state index in [0.717, 1.165) is 5.56 Å². The lowest BCUT2D eigenvalue weighted by molar-refractivity contribution is -0.114. The average molecular weight is 430 g/mol. The van der Waals surface area contributed by atoms with Crippen molar-refractivity contribution < 1.29 is 14.3 Å². The minimum absolute atomic E-state index is 0.237. The Morgan fingerprint density at radius 1 is 1.20 bits per heavy atom. The van der Waals surface area contributed by atoms with Gasteiger partial charge in [-0.05, 0) is 49.7 Å². The summed E-state index contributed by atoms with van der Waals surface area (Å²) in [7, 11) is 0. The number of halogens is 1. The van der Waals surface area contributed by atoms with E-state index in [1.165, 1.54) is 12.1 Å². The highest BCUT2D eigenvalue weighted by atomic mass is 35.5.